The minimum absolute atomic E-state index is 0.0716. The third kappa shape index (κ3) is 6.17. The fraction of sp³-hybridized carbons (Fsp3) is 0.429. The fourth-order valence-electron chi connectivity index (χ4n) is 3.03. The molecule has 1 amide bonds. The molecular weight excluding hydrogens is 408 g/mol. The second-order valence-corrected chi connectivity index (χ2v) is 7.67. The Hall–Kier alpha value is -3.14. The van der Waals surface area contributed by atoms with E-state index in [0.29, 0.717) is 23.3 Å². The van der Waals surface area contributed by atoms with Gasteiger partial charge in [-0.3, -0.25) is 14.5 Å². The number of aryl methyl sites for hydroxylation is 1. The van der Waals surface area contributed by atoms with Gasteiger partial charge in [-0.05, 0) is 31.5 Å². The first-order valence-corrected chi connectivity index (χ1v) is 9.82. The van der Waals surface area contributed by atoms with Crippen LogP contribution in [-0.2, 0) is 17.8 Å². The predicted octanol–water partition coefficient (Wildman–Crippen LogP) is 2.26. The molecule has 0 aliphatic carbocycles. The fourth-order valence-corrected chi connectivity index (χ4v) is 3.03. The average Bonchev–Trinajstić information content (AvgIpc) is 3.10. The number of nitrogens with one attached hydrogen (secondary N) is 1. The molecule has 3 aromatic rings. The maximum absolute atomic E-state index is 13.0. The van der Waals surface area contributed by atoms with Crippen molar-refractivity contribution < 1.29 is 23.4 Å². The highest BCUT2D eigenvalue weighted by molar-refractivity contribution is 5.86. The SMILES string of the molecule is Cc1cc(Cn2cc3c(CC(=O)N[C@@H](C)CO)nccc3n2)cnc1OCC(C)(F)F. The molecule has 166 valence electrons. The monoisotopic (exact) mass is 433 g/mol. The molecule has 31 heavy (non-hydrogen) atoms. The lowest BCUT2D eigenvalue weighted by Gasteiger charge is -2.13. The molecule has 0 radical (unpaired) electrons. The number of rotatable bonds is 9. The Morgan fingerprint density at radius 2 is 2.16 bits per heavy atom. The maximum atomic E-state index is 13.0. The number of aliphatic hydroxyl groups is 1. The lowest BCUT2D eigenvalue weighted by molar-refractivity contribution is -0.121. The van der Waals surface area contributed by atoms with Crippen LogP contribution in [0.2, 0.25) is 0 Å². The molecular formula is C21H25F2N5O3. The molecule has 0 aliphatic heterocycles. The zero-order valence-corrected chi connectivity index (χ0v) is 17.6. The van der Waals surface area contributed by atoms with Gasteiger partial charge < -0.3 is 15.2 Å². The molecule has 0 spiro atoms. The van der Waals surface area contributed by atoms with Crippen LogP contribution in [0.1, 0.15) is 30.7 Å². The van der Waals surface area contributed by atoms with Gasteiger partial charge in [0, 0.05) is 42.5 Å². The predicted molar refractivity (Wildman–Crippen MR) is 110 cm³/mol. The van der Waals surface area contributed by atoms with Crippen molar-refractivity contribution in [2.24, 2.45) is 0 Å². The molecule has 0 aromatic carbocycles. The normalized spacial score (nSPS) is 12.7. The van der Waals surface area contributed by atoms with E-state index in [1.54, 1.807) is 43.2 Å². The smallest absolute Gasteiger partial charge is 0.278 e. The molecule has 0 unspecified atom stereocenters. The summed E-state index contributed by atoms with van der Waals surface area (Å²) in [6.45, 7) is 3.78. The molecule has 0 saturated carbocycles. The van der Waals surface area contributed by atoms with E-state index in [1.165, 1.54) is 0 Å². The van der Waals surface area contributed by atoms with Crippen LogP contribution in [-0.4, -0.2) is 55.9 Å². The van der Waals surface area contributed by atoms with Crippen LogP contribution >= 0.6 is 0 Å². The summed E-state index contributed by atoms with van der Waals surface area (Å²) >= 11 is 0. The average molecular weight is 433 g/mol. The topological polar surface area (TPSA) is 102 Å². The summed E-state index contributed by atoms with van der Waals surface area (Å²) in [5.41, 5.74) is 2.76. The Labute approximate surface area is 178 Å². The van der Waals surface area contributed by atoms with Crippen molar-refractivity contribution in [2.75, 3.05) is 13.2 Å². The summed E-state index contributed by atoms with van der Waals surface area (Å²) in [5.74, 6) is -2.99. The van der Waals surface area contributed by atoms with Crippen molar-refractivity contribution in [3.05, 3.63) is 47.5 Å². The lowest BCUT2D eigenvalue weighted by atomic mass is 10.2. The molecule has 3 heterocycles. The lowest BCUT2D eigenvalue weighted by Crippen LogP contribution is -2.36. The van der Waals surface area contributed by atoms with Crippen molar-refractivity contribution in [1.82, 2.24) is 25.1 Å². The van der Waals surface area contributed by atoms with Gasteiger partial charge in [0.25, 0.3) is 5.92 Å². The summed E-state index contributed by atoms with van der Waals surface area (Å²) in [5, 5.41) is 17.0. The number of hydrogen-bond acceptors (Lipinski definition) is 6. The van der Waals surface area contributed by atoms with Crippen LogP contribution in [0.3, 0.4) is 0 Å². The van der Waals surface area contributed by atoms with E-state index in [1.807, 2.05) is 6.07 Å². The zero-order chi connectivity index (χ0) is 22.6. The second-order valence-electron chi connectivity index (χ2n) is 7.67. The molecule has 0 saturated heterocycles. The summed E-state index contributed by atoms with van der Waals surface area (Å²) in [6, 6.07) is 3.24. The summed E-state index contributed by atoms with van der Waals surface area (Å²) in [6.07, 6.45) is 5.03. The highest BCUT2D eigenvalue weighted by atomic mass is 19.3. The number of amides is 1. The molecule has 1 atom stereocenters. The highest BCUT2D eigenvalue weighted by Gasteiger charge is 2.23. The van der Waals surface area contributed by atoms with E-state index in [2.05, 4.69) is 20.4 Å². The van der Waals surface area contributed by atoms with Gasteiger partial charge in [0.15, 0.2) is 6.61 Å². The Balaban J connectivity index is 1.74. The van der Waals surface area contributed by atoms with Crippen LogP contribution in [0.25, 0.3) is 10.9 Å². The Bertz CT molecular complexity index is 1060. The van der Waals surface area contributed by atoms with Crippen molar-refractivity contribution in [3.8, 4) is 5.88 Å². The number of halogens is 2. The van der Waals surface area contributed by atoms with E-state index in [9.17, 15) is 13.6 Å². The first kappa shape index (κ1) is 22.5. The Kier molecular flexibility index (Phi) is 6.79. The van der Waals surface area contributed by atoms with Crippen molar-refractivity contribution in [1.29, 1.82) is 0 Å². The third-order valence-electron chi connectivity index (χ3n) is 4.47. The number of fused-ring (bicyclic) bond motifs is 1. The molecule has 0 fully saturated rings. The van der Waals surface area contributed by atoms with Gasteiger partial charge in [-0.2, -0.15) is 5.10 Å². The van der Waals surface area contributed by atoms with Gasteiger partial charge in [-0.15, -0.1) is 0 Å². The first-order valence-electron chi connectivity index (χ1n) is 9.82. The molecule has 10 heteroatoms. The zero-order valence-electron chi connectivity index (χ0n) is 17.6. The summed E-state index contributed by atoms with van der Waals surface area (Å²) in [4.78, 5) is 20.6. The molecule has 0 aliphatic rings. The van der Waals surface area contributed by atoms with Gasteiger partial charge in [0.2, 0.25) is 11.8 Å². The number of carbonyl (C=O) groups is 1. The molecule has 2 N–H and O–H groups in total. The number of aliphatic hydroxyl groups excluding tert-OH is 1. The Morgan fingerprint density at radius 1 is 1.39 bits per heavy atom. The van der Waals surface area contributed by atoms with E-state index in [4.69, 9.17) is 9.84 Å². The molecule has 0 bridgehead atoms. The van der Waals surface area contributed by atoms with Crippen LogP contribution in [0.4, 0.5) is 8.78 Å². The maximum Gasteiger partial charge on any atom is 0.278 e. The summed E-state index contributed by atoms with van der Waals surface area (Å²) < 4.78 is 32.8. The third-order valence-corrected chi connectivity index (χ3v) is 4.47. The first-order chi connectivity index (χ1) is 14.6. The van der Waals surface area contributed by atoms with E-state index < -0.39 is 12.5 Å². The van der Waals surface area contributed by atoms with Crippen molar-refractivity contribution in [3.63, 3.8) is 0 Å². The Morgan fingerprint density at radius 3 is 2.84 bits per heavy atom. The van der Waals surface area contributed by atoms with Crippen LogP contribution in [0, 0.1) is 6.92 Å². The van der Waals surface area contributed by atoms with Crippen LogP contribution < -0.4 is 10.1 Å². The number of pyridine rings is 2. The molecule has 3 aromatic heterocycles. The van der Waals surface area contributed by atoms with E-state index in [-0.39, 0.29) is 30.9 Å². The van der Waals surface area contributed by atoms with E-state index >= 15 is 0 Å². The van der Waals surface area contributed by atoms with Crippen molar-refractivity contribution >= 4 is 16.8 Å². The molecule has 8 nitrogen and oxygen atoms in total. The minimum Gasteiger partial charge on any atom is -0.471 e. The highest BCUT2D eigenvalue weighted by Crippen LogP contribution is 2.21. The number of ether oxygens (including phenoxy) is 1. The van der Waals surface area contributed by atoms with Gasteiger partial charge in [0.05, 0.1) is 30.8 Å². The standard InChI is InChI=1S/C21H25F2N5O3/c1-13-6-15(8-25-20(13)31-12-21(3,22)23)9-28-10-16-17(27-28)4-5-24-18(16)7-19(30)26-14(2)11-29/h4-6,8,10,14,29H,7,9,11-12H2,1-3H3,(H,26,30)/t14-/m0/s1. The van der Waals surface area contributed by atoms with Crippen molar-refractivity contribution in [2.45, 2.75) is 45.7 Å². The largest absolute Gasteiger partial charge is 0.471 e. The summed E-state index contributed by atoms with van der Waals surface area (Å²) in [7, 11) is 0. The van der Waals surface area contributed by atoms with Gasteiger partial charge in [-0.1, -0.05) is 0 Å². The van der Waals surface area contributed by atoms with Gasteiger partial charge in [-0.25, -0.2) is 13.8 Å². The minimum atomic E-state index is -2.93. The van der Waals surface area contributed by atoms with Crippen LogP contribution in [0.5, 0.6) is 5.88 Å². The van der Waals surface area contributed by atoms with Crippen LogP contribution in [0.15, 0.2) is 30.7 Å². The van der Waals surface area contributed by atoms with Gasteiger partial charge in [0.1, 0.15) is 0 Å². The quantitative estimate of drug-likeness (QED) is 0.537. The number of hydrogen-bond donors (Lipinski definition) is 2. The molecule has 3 rings (SSSR count). The number of alkyl halides is 2. The number of nitrogens with zero attached hydrogens (tertiary/aromatic N) is 4. The number of carbonyl (C=O) groups excluding carboxylic acids is 1. The second kappa shape index (κ2) is 9.34. The van der Waals surface area contributed by atoms with Gasteiger partial charge >= 0.3 is 0 Å². The number of aromatic nitrogens is 4. The van der Waals surface area contributed by atoms with E-state index in [0.717, 1.165) is 17.9 Å².